The highest BCUT2D eigenvalue weighted by Crippen LogP contribution is 2.26. The maximum absolute atomic E-state index is 13.9. The van der Waals surface area contributed by atoms with E-state index in [1.54, 1.807) is 29.2 Å². The van der Waals surface area contributed by atoms with Gasteiger partial charge in [-0.2, -0.15) is 0 Å². The van der Waals surface area contributed by atoms with Gasteiger partial charge in [0, 0.05) is 25.6 Å². The highest BCUT2D eigenvalue weighted by molar-refractivity contribution is 7.89. The molecule has 42 heavy (non-hydrogen) atoms. The van der Waals surface area contributed by atoms with Gasteiger partial charge in [0.2, 0.25) is 21.8 Å². The van der Waals surface area contributed by atoms with Crippen molar-refractivity contribution >= 4 is 21.8 Å². The molecule has 4 aromatic rings. The van der Waals surface area contributed by atoms with E-state index in [-0.39, 0.29) is 35.7 Å². The average Bonchev–Trinajstić information content (AvgIpc) is 3.83. The van der Waals surface area contributed by atoms with Gasteiger partial charge in [0.25, 0.3) is 0 Å². The van der Waals surface area contributed by atoms with Crippen molar-refractivity contribution in [2.24, 2.45) is 0 Å². The van der Waals surface area contributed by atoms with Crippen molar-refractivity contribution < 1.29 is 18.0 Å². The molecule has 1 aliphatic rings. The smallest absolute Gasteiger partial charge is 0.247 e. The van der Waals surface area contributed by atoms with Gasteiger partial charge in [-0.3, -0.25) is 9.59 Å². The third-order valence-electron chi connectivity index (χ3n) is 7.26. The minimum Gasteiger partial charge on any atom is -0.350 e. The van der Waals surface area contributed by atoms with E-state index < -0.39 is 16.1 Å². The molecule has 1 fully saturated rings. The van der Waals surface area contributed by atoms with Crippen LogP contribution < -0.4 is 10.0 Å². The largest absolute Gasteiger partial charge is 0.350 e. The van der Waals surface area contributed by atoms with Crippen LogP contribution >= 0.6 is 0 Å². The van der Waals surface area contributed by atoms with E-state index in [1.165, 1.54) is 0 Å². The summed E-state index contributed by atoms with van der Waals surface area (Å²) in [5.74, 6) is -0.429. The maximum atomic E-state index is 13.9. The van der Waals surface area contributed by atoms with Crippen LogP contribution in [0.1, 0.15) is 47.6 Å². The van der Waals surface area contributed by atoms with Crippen LogP contribution in [0.15, 0.2) is 120 Å². The molecule has 0 heterocycles. The SMILES string of the molecule is O=C(NCc1ccccc1)[C@H](c1ccccc1)N(Cc1ccccc1)C(=O)CCc1ccc(S(=O)(=O)NC2CC2)cc1. The van der Waals surface area contributed by atoms with Crippen LogP contribution in [0.2, 0.25) is 0 Å². The Balaban J connectivity index is 1.35. The van der Waals surface area contributed by atoms with Gasteiger partial charge in [-0.05, 0) is 53.6 Å². The third kappa shape index (κ3) is 7.93. The van der Waals surface area contributed by atoms with E-state index in [4.69, 9.17) is 0 Å². The molecule has 0 aliphatic heterocycles. The Morgan fingerprint density at radius 3 is 1.90 bits per heavy atom. The van der Waals surface area contributed by atoms with Gasteiger partial charge in [0.1, 0.15) is 6.04 Å². The number of carbonyl (C=O) groups excluding carboxylic acids is 2. The van der Waals surface area contributed by atoms with Crippen molar-refractivity contribution in [1.29, 1.82) is 0 Å². The molecule has 0 spiro atoms. The molecule has 1 aliphatic carbocycles. The van der Waals surface area contributed by atoms with Crippen LogP contribution in [-0.2, 0) is 39.1 Å². The Morgan fingerprint density at radius 2 is 1.31 bits per heavy atom. The minimum absolute atomic E-state index is 0.0327. The second-order valence-corrected chi connectivity index (χ2v) is 12.3. The Morgan fingerprint density at radius 1 is 0.738 bits per heavy atom. The number of rotatable bonds is 13. The molecule has 0 aromatic heterocycles. The minimum atomic E-state index is -3.54. The number of carbonyl (C=O) groups is 2. The molecule has 0 bridgehead atoms. The van der Waals surface area contributed by atoms with E-state index in [0.29, 0.717) is 13.0 Å². The van der Waals surface area contributed by atoms with Crippen LogP contribution in [0.4, 0.5) is 0 Å². The lowest BCUT2D eigenvalue weighted by atomic mass is 10.0. The second-order valence-electron chi connectivity index (χ2n) is 10.6. The van der Waals surface area contributed by atoms with Crippen LogP contribution in [0.5, 0.6) is 0 Å². The average molecular weight is 582 g/mol. The zero-order chi connectivity index (χ0) is 29.4. The number of benzene rings is 4. The maximum Gasteiger partial charge on any atom is 0.247 e. The molecule has 8 heteroatoms. The molecule has 4 aromatic carbocycles. The summed E-state index contributed by atoms with van der Waals surface area (Å²) in [6.07, 6.45) is 2.31. The topological polar surface area (TPSA) is 95.6 Å². The van der Waals surface area contributed by atoms with Crippen LogP contribution in [0, 0.1) is 0 Å². The fourth-order valence-corrected chi connectivity index (χ4v) is 6.12. The first kappa shape index (κ1) is 29.2. The van der Waals surface area contributed by atoms with Crippen LogP contribution in [0.3, 0.4) is 0 Å². The van der Waals surface area contributed by atoms with Crippen molar-refractivity contribution in [3.05, 3.63) is 138 Å². The zero-order valence-corrected chi connectivity index (χ0v) is 24.2. The van der Waals surface area contributed by atoms with E-state index >= 15 is 0 Å². The summed E-state index contributed by atoms with van der Waals surface area (Å²) >= 11 is 0. The quantitative estimate of drug-likeness (QED) is 0.228. The number of nitrogens with one attached hydrogen (secondary N) is 2. The van der Waals surface area contributed by atoms with E-state index in [9.17, 15) is 18.0 Å². The van der Waals surface area contributed by atoms with Crippen LogP contribution in [-0.4, -0.2) is 31.2 Å². The normalized spacial score (nSPS) is 13.7. The first-order valence-corrected chi connectivity index (χ1v) is 15.7. The molecule has 7 nitrogen and oxygen atoms in total. The van der Waals surface area contributed by atoms with Gasteiger partial charge in [0.15, 0.2) is 0 Å². The lowest BCUT2D eigenvalue weighted by Crippen LogP contribution is -2.43. The second kappa shape index (κ2) is 13.6. The first-order chi connectivity index (χ1) is 20.4. The zero-order valence-electron chi connectivity index (χ0n) is 23.4. The summed E-state index contributed by atoms with van der Waals surface area (Å²) in [5, 5.41) is 3.03. The number of aryl methyl sites for hydroxylation is 1. The lowest BCUT2D eigenvalue weighted by Gasteiger charge is -2.32. The predicted molar refractivity (Wildman–Crippen MR) is 163 cm³/mol. The first-order valence-electron chi connectivity index (χ1n) is 14.2. The number of hydrogen-bond acceptors (Lipinski definition) is 4. The molecule has 2 N–H and O–H groups in total. The molecule has 216 valence electrons. The summed E-state index contributed by atoms with van der Waals surface area (Å²) in [6.45, 7) is 0.614. The molecular formula is C34H35N3O4S. The monoisotopic (exact) mass is 581 g/mol. The molecule has 2 amide bonds. The fraction of sp³-hybridized carbons (Fsp3) is 0.235. The Bertz CT molecular complexity index is 1570. The fourth-order valence-electron chi connectivity index (χ4n) is 4.81. The summed E-state index contributed by atoms with van der Waals surface area (Å²) in [6, 6.07) is 34.5. The van der Waals surface area contributed by atoms with Crippen molar-refractivity contribution in [2.45, 2.75) is 55.8 Å². The van der Waals surface area contributed by atoms with Gasteiger partial charge in [-0.25, -0.2) is 13.1 Å². The van der Waals surface area contributed by atoms with Crippen molar-refractivity contribution in [3.63, 3.8) is 0 Å². The van der Waals surface area contributed by atoms with E-state index in [0.717, 1.165) is 35.1 Å². The summed E-state index contributed by atoms with van der Waals surface area (Å²) in [5.41, 5.74) is 3.46. The molecule has 5 rings (SSSR count). The standard InChI is InChI=1S/C34H35N3O4S/c38-32(23-18-26-16-21-31(22-17-26)42(40,41)36-30-19-20-30)37(25-28-12-6-2-7-13-28)33(29-14-8-3-9-15-29)34(39)35-24-27-10-4-1-5-11-27/h1-17,21-22,30,33,36H,18-20,23-25H2,(H,35,39)/t33-/m0/s1. The van der Waals surface area contributed by atoms with Gasteiger partial charge < -0.3 is 10.2 Å². The van der Waals surface area contributed by atoms with Crippen molar-refractivity contribution in [2.75, 3.05) is 0 Å². The Labute approximate surface area is 247 Å². The summed E-state index contributed by atoms with van der Waals surface area (Å²) in [4.78, 5) is 29.5. The summed E-state index contributed by atoms with van der Waals surface area (Å²) < 4.78 is 27.7. The van der Waals surface area contributed by atoms with Gasteiger partial charge in [-0.15, -0.1) is 0 Å². The number of hydrogen-bond donors (Lipinski definition) is 2. The Kier molecular flexibility index (Phi) is 9.46. The molecule has 1 atom stereocenters. The lowest BCUT2D eigenvalue weighted by molar-refractivity contribution is -0.141. The van der Waals surface area contributed by atoms with E-state index in [2.05, 4.69) is 10.0 Å². The summed E-state index contributed by atoms with van der Waals surface area (Å²) in [7, 11) is -3.54. The van der Waals surface area contributed by atoms with Gasteiger partial charge in [0.05, 0.1) is 4.90 Å². The number of nitrogens with zero attached hydrogens (tertiary/aromatic N) is 1. The van der Waals surface area contributed by atoms with Crippen molar-refractivity contribution in [3.8, 4) is 0 Å². The van der Waals surface area contributed by atoms with E-state index in [1.807, 2.05) is 91.0 Å². The highest BCUT2D eigenvalue weighted by atomic mass is 32.2. The number of amides is 2. The van der Waals surface area contributed by atoms with Gasteiger partial charge >= 0.3 is 0 Å². The van der Waals surface area contributed by atoms with Crippen molar-refractivity contribution in [1.82, 2.24) is 14.9 Å². The molecule has 0 radical (unpaired) electrons. The molecular weight excluding hydrogens is 546 g/mol. The highest BCUT2D eigenvalue weighted by Gasteiger charge is 2.31. The number of sulfonamides is 1. The Hall–Kier alpha value is -4.27. The van der Waals surface area contributed by atoms with Gasteiger partial charge in [-0.1, -0.05) is 103 Å². The molecule has 1 saturated carbocycles. The molecule has 0 saturated heterocycles. The van der Waals surface area contributed by atoms with Crippen LogP contribution in [0.25, 0.3) is 0 Å². The third-order valence-corrected chi connectivity index (χ3v) is 8.80. The molecule has 0 unspecified atom stereocenters. The predicted octanol–water partition coefficient (Wildman–Crippen LogP) is 5.15.